The number of carbonyl (C=O) groups excluding carboxylic acids is 1. The first-order chi connectivity index (χ1) is 9.47. The number of carbonyl (C=O) groups is 2. The van der Waals surface area contributed by atoms with Gasteiger partial charge < -0.3 is 15.0 Å². The van der Waals surface area contributed by atoms with Crippen molar-refractivity contribution in [3.8, 4) is 0 Å². The third kappa shape index (κ3) is 3.19. The molecule has 0 saturated carbocycles. The molecule has 2 rings (SSSR count). The van der Waals surface area contributed by atoms with Gasteiger partial charge in [0.25, 0.3) is 0 Å². The molecule has 0 radical (unpaired) electrons. The second kappa shape index (κ2) is 5.79. The number of hydrogen-bond donors (Lipinski definition) is 2. The van der Waals surface area contributed by atoms with Gasteiger partial charge in [0.15, 0.2) is 0 Å². The number of rotatable bonds is 4. The van der Waals surface area contributed by atoms with Crippen LogP contribution in [0.1, 0.15) is 16.1 Å². The molecule has 1 aromatic heterocycles. The molecule has 2 aromatic rings. The highest BCUT2D eigenvalue weighted by atomic mass is 35.5. The Morgan fingerprint density at radius 2 is 2.10 bits per heavy atom. The van der Waals surface area contributed by atoms with E-state index in [0.717, 1.165) is 5.56 Å². The third-order valence-electron chi connectivity index (χ3n) is 2.83. The van der Waals surface area contributed by atoms with E-state index in [1.165, 1.54) is 10.6 Å². The van der Waals surface area contributed by atoms with Crippen molar-refractivity contribution in [2.24, 2.45) is 0 Å². The van der Waals surface area contributed by atoms with Crippen LogP contribution >= 0.6 is 11.6 Å². The Labute approximate surface area is 120 Å². The normalized spacial score (nSPS) is 10.3. The summed E-state index contributed by atoms with van der Waals surface area (Å²) in [6.07, 6.45) is 1.55. The molecule has 6 heteroatoms. The van der Waals surface area contributed by atoms with Crippen molar-refractivity contribution in [2.75, 3.05) is 5.32 Å². The minimum atomic E-state index is -1.06. The molecule has 1 heterocycles. The second-order valence-electron chi connectivity index (χ2n) is 4.33. The topological polar surface area (TPSA) is 71.3 Å². The van der Waals surface area contributed by atoms with Crippen LogP contribution in [0.2, 0.25) is 5.02 Å². The largest absolute Gasteiger partial charge is 0.477 e. The molecule has 1 amide bonds. The highest BCUT2D eigenvalue weighted by Crippen LogP contribution is 2.19. The number of nitrogens with one attached hydrogen (secondary N) is 1. The minimum absolute atomic E-state index is 0.0588. The predicted molar refractivity (Wildman–Crippen MR) is 76.2 cm³/mol. The van der Waals surface area contributed by atoms with Crippen molar-refractivity contribution in [3.05, 3.63) is 52.8 Å². The van der Waals surface area contributed by atoms with E-state index in [2.05, 4.69) is 5.32 Å². The van der Waals surface area contributed by atoms with Crippen molar-refractivity contribution in [1.29, 1.82) is 0 Å². The molecule has 0 aliphatic carbocycles. The van der Waals surface area contributed by atoms with Crippen molar-refractivity contribution in [3.63, 3.8) is 0 Å². The first-order valence-corrected chi connectivity index (χ1v) is 6.29. The zero-order valence-electron chi connectivity index (χ0n) is 10.8. The van der Waals surface area contributed by atoms with Gasteiger partial charge in [-0.1, -0.05) is 11.6 Å². The standard InChI is InChI=1S/C14H13ClN2O3/c1-9-7-10(15)4-5-11(9)16-13(18)8-17-6-2-3-12(17)14(19)20/h2-7H,8H2,1H3,(H,16,18)(H,19,20). The Balaban J connectivity index is 2.09. The van der Waals surface area contributed by atoms with Crippen LogP contribution in [0.15, 0.2) is 36.5 Å². The number of benzene rings is 1. The lowest BCUT2D eigenvalue weighted by Crippen LogP contribution is -2.21. The van der Waals surface area contributed by atoms with E-state index >= 15 is 0 Å². The van der Waals surface area contributed by atoms with Gasteiger partial charge in [-0.25, -0.2) is 4.79 Å². The van der Waals surface area contributed by atoms with Gasteiger partial charge >= 0.3 is 5.97 Å². The van der Waals surface area contributed by atoms with Crippen LogP contribution in [0.3, 0.4) is 0 Å². The van der Waals surface area contributed by atoms with Gasteiger partial charge in [-0.05, 0) is 42.8 Å². The Hall–Kier alpha value is -2.27. The lowest BCUT2D eigenvalue weighted by atomic mass is 10.2. The smallest absolute Gasteiger partial charge is 0.352 e. The zero-order valence-corrected chi connectivity index (χ0v) is 11.5. The maximum absolute atomic E-state index is 11.9. The molecule has 0 saturated heterocycles. The Kier molecular flexibility index (Phi) is 4.10. The molecule has 5 nitrogen and oxygen atoms in total. The van der Waals surface area contributed by atoms with Crippen molar-refractivity contribution < 1.29 is 14.7 Å². The van der Waals surface area contributed by atoms with Crippen LogP contribution in [0.4, 0.5) is 5.69 Å². The van der Waals surface area contributed by atoms with Crippen molar-refractivity contribution >= 4 is 29.2 Å². The van der Waals surface area contributed by atoms with E-state index in [9.17, 15) is 9.59 Å². The summed E-state index contributed by atoms with van der Waals surface area (Å²) in [4.78, 5) is 22.9. The number of nitrogens with zero attached hydrogens (tertiary/aromatic N) is 1. The first-order valence-electron chi connectivity index (χ1n) is 5.92. The molecule has 0 unspecified atom stereocenters. The monoisotopic (exact) mass is 292 g/mol. The summed E-state index contributed by atoms with van der Waals surface area (Å²) >= 11 is 5.84. The highest BCUT2D eigenvalue weighted by Gasteiger charge is 2.12. The second-order valence-corrected chi connectivity index (χ2v) is 4.77. The van der Waals surface area contributed by atoms with Gasteiger partial charge in [0.05, 0.1) is 0 Å². The molecule has 0 atom stereocenters. The van der Waals surface area contributed by atoms with Gasteiger partial charge in [0.1, 0.15) is 12.2 Å². The maximum Gasteiger partial charge on any atom is 0.352 e. The van der Waals surface area contributed by atoms with Gasteiger partial charge in [0, 0.05) is 16.9 Å². The summed E-state index contributed by atoms with van der Waals surface area (Å²) in [6, 6.07) is 8.18. The summed E-state index contributed by atoms with van der Waals surface area (Å²) in [5.41, 5.74) is 1.58. The van der Waals surface area contributed by atoms with Crippen LogP contribution in [-0.4, -0.2) is 21.6 Å². The van der Waals surface area contributed by atoms with E-state index in [1.807, 2.05) is 6.92 Å². The van der Waals surface area contributed by atoms with Crippen molar-refractivity contribution in [2.45, 2.75) is 13.5 Å². The molecule has 0 aliphatic rings. The van der Waals surface area contributed by atoms with E-state index < -0.39 is 5.97 Å². The lowest BCUT2D eigenvalue weighted by Gasteiger charge is -2.10. The summed E-state index contributed by atoms with van der Waals surface area (Å²) in [5, 5.41) is 12.3. The van der Waals surface area contributed by atoms with Gasteiger partial charge in [-0.3, -0.25) is 4.79 Å². The first kappa shape index (κ1) is 14.1. The van der Waals surface area contributed by atoms with Gasteiger partial charge in [-0.15, -0.1) is 0 Å². The SMILES string of the molecule is Cc1cc(Cl)ccc1NC(=O)Cn1cccc1C(=O)O. The molecule has 0 spiro atoms. The molecule has 0 bridgehead atoms. The van der Waals surface area contributed by atoms with E-state index in [4.69, 9.17) is 16.7 Å². The van der Waals surface area contributed by atoms with Crippen LogP contribution in [-0.2, 0) is 11.3 Å². The predicted octanol–water partition coefficient (Wildman–Crippen LogP) is 2.79. The highest BCUT2D eigenvalue weighted by molar-refractivity contribution is 6.30. The number of amides is 1. The van der Waals surface area contributed by atoms with Crippen LogP contribution in [0, 0.1) is 6.92 Å². The number of halogens is 1. The number of hydrogen-bond acceptors (Lipinski definition) is 2. The summed E-state index contributed by atoms with van der Waals surface area (Å²) in [7, 11) is 0. The summed E-state index contributed by atoms with van der Waals surface area (Å²) < 4.78 is 1.38. The average Bonchev–Trinajstić information content (AvgIpc) is 2.81. The molecule has 104 valence electrons. The van der Waals surface area contributed by atoms with Gasteiger partial charge in [0.2, 0.25) is 5.91 Å². The minimum Gasteiger partial charge on any atom is -0.477 e. The Morgan fingerprint density at radius 1 is 1.35 bits per heavy atom. The van der Waals surface area contributed by atoms with Gasteiger partial charge in [-0.2, -0.15) is 0 Å². The fourth-order valence-corrected chi connectivity index (χ4v) is 2.08. The van der Waals surface area contributed by atoms with Crippen LogP contribution in [0.5, 0.6) is 0 Å². The van der Waals surface area contributed by atoms with Crippen LogP contribution < -0.4 is 5.32 Å². The number of aromatic nitrogens is 1. The number of carboxylic acid groups (broad SMARTS) is 1. The van der Waals surface area contributed by atoms with E-state index in [0.29, 0.717) is 10.7 Å². The third-order valence-corrected chi connectivity index (χ3v) is 3.06. The summed E-state index contributed by atoms with van der Waals surface area (Å²) in [6.45, 7) is 1.77. The molecular weight excluding hydrogens is 280 g/mol. The Morgan fingerprint density at radius 3 is 2.75 bits per heavy atom. The lowest BCUT2D eigenvalue weighted by molar-refractivity contribution is -0.116. The average molecular weight is 293 g/mol. The van der Waals surface area contributed by atoms with Crippen molar-refractivity contribution in [1.82, 2.24) is 4.57 Å². The number of aromatic carboxylic acids is 1. The number of anilines is 1. The molecule has 20 heavy (non-hydrogen) atoms. The Bertz CT molecular complexity index is 664. The molecule has 0 aliphatic heterocycles. The quantitative estimate of drug-likeness (QED) is 0.910. The zero-order chi connectivity index (χ0) is 14.7. The fourth-order valence-electron chi connectivity index (χ4n) is 1.86. The molecular formula is C14H13ClN2O3. The maximum atomic E-state index is 11.9. The van der Waals surface area contributed by atoms with E-state index in [-0.39, 0.29) is 18.1 Å². The van der Waals surface area contributed by atoms with Crippen LogP contribution in [0.25, 0.3) is 0 Å². The molecule has 0 fully saturated rings. The fraction of sp³-hybridized carbons (Fsp3) is 0.143. The molecule has 1 aromatic carbocycles. The number of carboxylic acids is 1. The molecule has 2 N–H and O–H groups in total. The summed E-state index contributed by atoms with van der Waals surface area (Å²) in [5.74, 6) is -1.36. The van der Waals surface area contributed by atoms with E-state index in [1.54, 1.807) is 30.5 Å². The number of aryl methyl sites for hydroxylation is 1.